The van der Waals surface area contributed by atoms with Gasteiger partial charge in [-0.2, -0.15) is 0 Å². The average molecular weight is 604 g/mol. The van der Waals surface area contributed by atoms with E-state index in [1.807, 2.05) is 0 Å². The summed E-state index contributed by atoms with van der Waals surface area (Å²) < 4.78 is 52.9. The molecule has 0 aliphatic carbocycles. The summed E-state index contributed by atoms with van der Waals surface area (Å²) in [6.07, 6.45) is 0. The number of rotatable bonds is 2. The quantitative estimate of drug-likeness (QED) is 0.220. The molecule has 1 heterocycles. The van der Waals surface area contributed by atoms with Crippen LogP contribution in [0.25, 0.3) is 0 Å². The summed E-state index contributed by atoms with van der Waals surface area (Å²) in [5.41, 5.74) is 0. The van der Waals surface area contributed by atoms with Crippen LogP contribution in [0.4, 0.5) is 0 Å². The van der Waals surface area contributed by atoms with Crippen LogP contribution in [-0.4, -0.2) is 16.8 Å². The molecule has 1 aliphatic rings. The standard InChI is InChI=1S/C12Cl8O5S3/c13-1-3(15)11(27(19,21)22)5(17)9-7(1)25-8-2(14)4(16)12(28(20,23)24)6(18)10(8)26-9. The van der Waals surface area contributed by atoms with E-state index in [1.165, 1.54) is 0 Å². The van der Waals surface area contributed by atoms with Crippen molar-refractivity contribution in [3.8, 4) is 11.5 Å². The Morgan fingerprint density at radius 1 is 0.571 bits per heavy atom. The highest BCUT2D eigenvalue weighted by molar-refractivity contribution is 8.14. The van der Waals surface area contributed by atoms with Crippen molar-refractivity contribution in [2.24, 2.45) is 0 Å². The van der Waals surface area contributed by atoms with Gasteiger partial charge in [-0.05, 0) is 0 Å². The zero-order valence-corrected chi connectivity index (χ0v) is 20.8. The Bertz CT molecular complexity index is 1180. The smallest absolute Gasteiger partial charge is 0.264 e. The minimum absolute atomic E-state index is 0.0407. The van der Waals surface area contributed by atoms with Crippen molar-refractivity contribution in [3.63, 3.8) is 0 Å². The molecular weight excluding hydrogens is 604 g/mol. The number of fused-ring (bicyclic) bond motifs is 2. The Morgan fingerprint density at radius 2 is 0.893 bits per heavy atom. The maximum Gasteiger partial charge on any atom is 0.264 e. The van der Waals surface area contributed by atoms with Crippen LogP contribution in [-0.2, 0) is 18.1 Å². The molecule has 0 spiro atoms. The molecule has 28 heavy (non-hydrogen) atoms. The van der Waals surface area contributed by atoms with Gasteiger partial charge in [0.15, 0.2) is 11.5 Å². The summed E-state index contributed by atoms with van der Waals surface area (Å²) in [6.45, 7) is 0. The Balaban J connectivity index is 2.40. The Kier molecular flexibility index (Phi) is 6.49. The molecule has 0 saturated carbocycles. The van der Waals surface area contributed by atoms with Gasteiger partial charge in [0.2, 0.25) is 0 Å². The molecule has 3 rings (SSSR count). The lowest BCUT2D eigenvalue weighted by Gasteiger charge is -2.26. The minimum Gasteiger partial charge on any atom is -0.452 e. The van der Waals surface area contributed by atoms with Gasteiger partial charge in [0.25, 0.3) is 18.1 Å². The predicted molar refractivity (Wildman–Crippen MR) is 113 cm³/mol. The molecular formula is C12Cl8O5S3. The van der Waals surface area contributed by atoms with Crippen LogP contribution < -0.4 is 4.74 Å². The van der Waals surface area contributed by atoms with Gasteiger partial charge >= 0.3 is 0 Å². The van der Waals surface area contributed by atoms with E-state index in [-0.39, 0.29) is 31.3 Å². The molecule has 0 unspecified atom stereocenters. The minimum atomic E-state index is -4.40. The molecule has 0 atom stereocenters. The van der Waals surface area contributed by atoms with Gasteiger partial charge < -0.3 is 4.74 Å². The zero-order valence-electron chi connectivity index (χ0n) is 12.3. The molecule has 0 saturated heterocycles. The van der Waals surface area contributed by atoms with Crippen LogP contribution in [0.15, 0.2) is 19.6 Å². The van der Waals surface area contributed by atoms with Gasteiger partial charge in [-0.3, -0.25) is 0 Å². The molecule has 152 valence electrons. The van der Waals surface area contributed by atoms with Crippen LogP contribution in [0.2, 0.25) is 30.1 Å². The van der Waals surface area contributed by atoms with E-state index in [1.54, 1.807) is 0 Å². The van der Waals surface area contributed by atoms with Gasteiger partial charge in [-0.25, -0.2) is 16.8 Å². The average Bonchev–Trinajstić information content (AvgIpc) is 2.54. The summed E-state index contributed by atoms with van der Waals surface area (Å²) in [5, 5.41) is -2.41. The topological polar surface area (TPSA) is 77.5 Å². The molecule has 2 aromatic rings. The number of hydrogen-bond donors (Lipinski definition) is 0. The van der Waals surface area contributed by atoms with Crippen molar-refractivity contribution in [1.29, 1.82) is 0 Å². The largest absolute Gasteiger partial charge is 0.452 e. The van der Waals surface area contributed by atoms with Crippen LogP contribution in [0.5, 0.6) is 11.5 Å². The molecule has 1 aliphatic heterocycles. The van der Waals surface area contributed by atoms with Gasteiger partial charge in [0.1, 0.15) is 19.8 Å². The molecule has 2 aromatic carbocycles. The summed E-state index contributed by atoms with van der Waals surface area (Å²) in [7, 11) is 1.97. The van der Waals surface area contributed by atoms with E-state index in [2.05, 4.69) is 0 Å². The predicted octanol–water partition coefficient (Wildman–Crippen LogP) is 7.72. The fraction of sp³-hybridized carbons (Fsp3) is 0. The molecule has 16 heteroatoms. The highest BCUT2D eigenvalue weighted by Crippen LogP contribution is 2.61. The number of hydrogen-bond acceptors (Lipinski definition) is 6. The Morgan fingerprint density at radius 3 is 1.18 bits per heavy atom. The fourth-order valence-corrected chi connectivity index (χ4v) is 8.99. The van der Waals surface area contributed by atoms with Crippen molar-refractivity contribution in [3.05, 3.63) is 30.1 Å². The van der Waals surface area contributed by atoms with Crippen LogP contribution >= 0.6 is 103 Å². The molecule has 5 nitrogen and oxygen atoms in total. The van der Waals surface area contributed by atoms with E-state index in [0.717, 1.165) is 11.8 Å². The fourth-order valence-electron chi connectivity index (χ4n) is 2.19. The maximum absolute atomic E-state index is 11.8. The molecule has 0 fully saturated rings. The van der Waals surface area contributed by atoms with Crippen molar-refractivity contribution in [1.82, 2.24) is 0 Å². The first-order valence-electron chi connectivity index (χ1n) is 6.33. The van der Waals surface area contributed by atoms with Crippen LogP contribution in [0, 0.1) is 0 Å². The second-order valence-corrected chi connectivity index (χ2v) is 13.2. The third-order valence-corrected chi connectivity index (χ3v) is 10.3. The van der Waals surface area contributed by atoms with Crippen molar-refractivity contribution in [2.75, 3.05) is 0 Å². The Hall–Kier alpha value is 0.810. The highest BCUT2D eigenvalue weighted by atomic mass is 35.7. The van der Waals surface area contributed by atoms with E-state index in [0.29, 0.717) is 0 Å². The molecule has 0 radical (unpaired) electrons. The van der Waals surface area contributed by atoms with E-state index in [9.17, 15) is 16.8 Å². The lowest BCUT2D eigenvalue weighted by Crippen LogP contribution is -2.05. The SMILES string of the molecule is O=S(=O)(Cl)c1c(Cl)c(Cl)c2c(c1Cl)Sc1c(Cl)c(S(=O)(=O)Cl)c(Cl)c(Cl)c1O2. The lowest BCUT2D eigenvalue weighted by molar-refractivity contribution is 0.454. The van der Waals surface area contributed by atoms with E-state index < -0.39 is 48.0 Å². The zero-order chi connectivity index (χ0) is 21.3. The van der Waals surface area contributed by atoms with Crippen molar-refractivity contribution >= 4 is 121 Å². The molecule has 0 N–H and O–H groups in total. The van der Waals surface area contributed by atoms with Gasteiger partial charge in [-0.15, -0.1) is 0 Å². The normalized spacial score (nSPS) is 13.7. The van der Waals surface area contributed by atoms with E-state index in [4.69, 9.17) is 95.7 Å². The van der Waals surface area contributed by atoms with Crippen molar-refractivity contribution in [2.45, 2.75) is 19.6 Å². The number of halogens is 8. The first-order valence-corrected chi connectivity index (χ1v) is 14.0. The number of benzene rings is 2. The lowest BCUT2D eigenvalue weighted by atomic mass is 10.3. The third kappa shape index (κ3) is 3.77. The van der Waals surface area contributed by atoms with Gasteiger partial charge in [-0.1, -0.05) is 81.4 Å². The van der Waals surface area contributed by atoms with Crippen LogP contribution in [0.1, 0.15) is 0 Å². The highest BCUT2D eigenvalue weighted by Gasteiger charge is 2.37. The monoisotopic (exact) mass is 600 g/mol. The van der Waals surface area contributed by atoms with Gasteiger partial charge in [0.05, 0.1) is 29.9 Å². The van der Waals surface area contributed by atoms with Crippen LogP contribution in [0.3, 0.4) is 0 Å². The summed E-state index contributed by atoms with van der Waals surface area (Å²) in [6, 6.07) is 0. The maximum atomic E-state index is 11.8. The van der Waals surface area contributed by atoms with Gasteiger partial charge in [0, 0.05) is 21.4 Å². The molecule has 0 amide bonds. The molecule has 0 bridgehead atoms. The second kappa shape index (κ2) is 7.74. The summed E-state index contributed by atoms with van der Waals surface area (Å²) in [4.78, 5) is -1.38. The third-order valence-electron chi connectivity index (χ3n) is 3.29. The van der Waals surface area contributed by atoms with Crippen molar-refractivity contribution < 1.29 is 21.6 Å². The first-order chi connectivity index (χ1) is 12.7. The first kappa shape index (κ1) is 23.5. The Labute approximate surface area is 201 Å². The summed E-state index contributed by atoms with van der Waals surface area (Å²) >= 11 is 37.2. The van der Waals surface area contributed by atoms with E-state index >= 15 is 0 Å². The molecule has 0 aromatic heterocycles. The summed E-state index contributed by atoms with van der Waals surface area (Å²) in [5.74, 6) is -0.289. The number of ether oxygens (including phenoxy) is 1. The second-order valence-electron chi connectivity index (χ2n) is 4.94.